The fourth-order valence-electron chi connectivity index (χ4n) is 2.17. The summed E-state index contributed by atoms with van der Waals surface area (Å²) in [5.74, 6) is 0.790. The normalized spacial score (nSPS) is 10.4. The van der Waals surface area contributed by atoms with Crippen molar-refractivity contribution in [3.05, 3.63) is 66.4 Å². The van der Waals surface area contributed by atoms with Crippen LogP contribution in [0.1, 0.15) is 6.92 Å². The molecule has 0 unspecified atom stereocenters. The second kappa shape index (κ2) is 11.7. The van der Waals surface area contributed by atoms with Crippen molar-refractivity contribution in [2.24, 2.45) is 0 Å². The molecule has 0 heterocycles. The van der Waals surface area contributed by atoms with E-state index < -0.39 is 12.0 Å². The number of alkyl carbamates (subject to hydrolysis) is 1. The summed E-state index contributed by atoms with van der Waals surface area (Å²) in [6, 6.07) is 18.0. The fraction of sp³-hybridized carbons (Fsp3) is 0.190. The Morgan fingerprint density at radius 1 is 1.03 bits per heavy atom. The number of ether oxygens (including phenoxy) is 2. The van der Waals surface area contributed by atoms with Gasteiger partial charge in [-0.3, -0.25) is 4.79 Å². The minimum absolute atomic E-state index is 0.0919. The lowest BCUT2D eigenvalue weighted by molar-refractivity contribution is -0.112. The highest BCUT2D eigenvalue weighted by Crippen LogP contribution is 2.22. The lowest BCUT2D eigenvalue weighted by Crippen LogP contribution is -2.31. The maximum absolute atomic E-state index is 12.2. The van der Waals surface area contributed by atoms with Crippen molar-refractivity contribution in [3.8, 4) is 17.6 Å². The number of hydrogen-bond acceptors (Lipinski definition) is 6. The van der Waals surface area contributed by atoms with Crippen LogP contribution in [0, 0.1) is 11.3 Å². The van der Waals surface area contributed by atoms with E-state index in [9.17, 15) is 9.59 Å². The first-order chi connectivity index (χ1) is 14.1. The summed E-state index contributed by atoms with van der Waals surface area (Å²) >= 11 is 0. The van der Waals surface area contributed by atoms with Crippen molar-refractivity contribution in [2.75, 3.05) is 25.0 Å². The molecule has 0 aromatic heterocycles. The van der Waals surface area contributed by atoms with Gasteiger partial charge in [-0.25, -0.2) is 4.79 Å². The summed E-state index contributed by atoms with van der Waals surface area (Å²) in [4.78, 5) is 23.3. The van der Waals surface area contributed by atoms with E-state index in [0.29, 0.717) is 30.3 Å². The Balaban J connectivity index is 1.82. The van der Waals surface area contributed by atoms with Gasteiger partial charge in [-0.1, -0.05) is 18.2 Å². The second-order valence-corrected chi connectivity index (χ2v) is 5.66. The minimum atomic E-state index is -0.546. The first-order valence-corrected chi connectivity index (χ1v) is 9.01. The van der Waals surface area contributed by atoms with Crippen molar-refractivity contribution in [1.29, 1.82) is 5.26 Å². The molecule has 3 N–H and O–H groups in total. The third kappa shape index (κ3) is 7.64. The first-order valence-electron chi connectivity index (χ1n) is 9.01. The van der Waals surface area contributed by atoms with Gasteiger partial charge in [0.25, 0.3) is 5.91 Å². The van der Waals surface area contributed by atoms with Crippen molar-refractivity contribution >= 4 is 17.7 Å². The molecule has 0 saturated heterocycles. The number of carbonyl (C=O) groups is 2. The molecule has 2 rings (SSSR count). The van der Waals surface area contributed by atoms with E-state index in [1.807, 2.05) is 36.4 Å². The van der Waals surface area contributed by atoms with E-state index in [1.54, 1.807) is 31.2 Å². The summed E-state index contributed by atoms with van der Waals surface area (Å²) in [7, 11) is 0. The molecule has 8 nitrogen and oxygen atoms in total. The van der Waals surface area contributed by atoms with Crippen LogP contribution in [0.15, 0.2) is 66.4 Å². The maximum atomic E-state index is 12.2. The van der Waals surface area contributed by atoms with Gasteiger partial charge in [0, 0.05) is 25.0 Å². The number of anilines is 1. The fourth-order valence-corrected chi connectivity index (χ4v) is 2.17. The van der Waals surface area contributed by atoms with E-state index in [2.05, 4.69) is 16.0 Å². The van der Waals surface area contributed by atoms with Gasteiger partial charge in [0.1, 0.15) is 23.1 Å². The number of nitrogens with one attached hydrogen (secondary N) is 3. The predicted octanol–water partition coefficient (Wildman–Crippen LogP) is 3.16. The Morgan fingerprint density at radius 3 is 2.38 bits per heavy atom. The second-order valence-electron chi connectivity index (χ2n) is 5.66. The molecular weight excluding hydrogens is 372 g/mol. The van der Waals surface area contributed by atoms with Crippen LogP contribution in [0.25, 0.3) is 0 Å². The Bertz CT molecular complexity index is 874. The number of nitrogens with zero attached hydrogens (tertiary/aromatic N) is 1. The summed E-state index contributed by atoms with van der Waals surface area (Å²) in [5, 5.41) is 17.1. The van der Waals surface area contributed by atoms with Crippen LogP contribution < -0.4 is 20.7 Å². The van der Waals surface area contributed by atoms with Crippen LogP contribution >= 0.6 is 0 Å². The Hall–Kier alpha value is -3.99. The van der Waals surface area contributed by atoms with Gasteiger partial charge in [0.05, 0.1) is 6.61 Å². The number of benzene rings is 2. The van der Waals surface area contributed by atoms with Crippen LogP contribution in [0.3, 0.4) is 0 Å². The van der Waals surface area contributed by atoms with Gasteiger partial charge in [-0.2, -0.15) is 5.26 Å². The third-order valence-electron chi connectivity index (χ3n) is 3.52. The molecule has 8 heteroatoms. The molecule has 150 valence electrons. The molecule has 29 heavy (non-hydrogen) atoms. The van der Waals surface area contributed by atoms with E-state index >= 15 is 0 Å². The quantitative estimate of drug-likeness (QED) is 0.342. The average Bonchev–Trinajstić information content (AvgIpc) is 2.73. The van der Waals surface area contributed by atoms with Crippen LogP contribution in [-0.2, 0) is 9.53 Å². The average molecular weight is 394 g/mol. The molecule has 0 aliphatic carbocycles. The van der Waals surface area contributed by atoms with Gasteiger partial charge in [0.2, 0.25) is 0 Å². The van der Waals surface area contributed by atoms with Gasteiger partial charge < -0.3 is 25.4 Å². The standard InChI is InChI=1S/C21H22N4O4/c1-2-28-21(27)24-13-12-23-15-16(14-22)20(26)25-17-8-10-19(11-9-17)29-18-6-4-3-5-7-18/h3-11,15,23H,2,12-13H2,1H3,(H,24,27)(H,25,26)/b16-15-. The molecule has 0 spiro atoms. The molecule has 2 amide bonds. The van der Waals surface area contributed by atoms with E-state index in [-0.39, 0.29) is 12.2 Å². The third-order valence-corrected chi connectivity index (χ3v) is 3.52. The maximum Gasteiger partial charge on any atom is 0.407 e. The van der Waals surface area contributed by atoms with Crippen molar-refractivity contribution in [3.63, 3.8) is 0 Å². The van der Waals surface area contributed by atoms with Gasteiger partial charge >= 0.3 is 6.09 Å². The van der Waals surface area contributed by atoms with Crippen molar-refractivity contribution in [1.82, 2.24) is 10.6 Å². The van der Waals surface area contributed by atoms with E-state index in [4.69, 9.17) is 14.7 Å². The van der Waals surface area contributed by atoms with Crippen LogP contribution in [0.4, 0.5) is 10.5 Å². The molecular formula is C21H22N4O4. The largest absolute Gasteiger partial charge is 0.457 e. The molecule has 0 radical (unpaired) electrons. The zero-order chi connectivity index (χ0) is 20.9. The molecule has 2 aromatic carbocycles. The summed E-state index contributed by atoms with van der Waals surface area (Å²) < 4.78 is 10.4. The van der Waals surface area contributed by atoms with Gasteiger partial charge in [-0.05, 0) is 43.3 Å². The highest BCUT2D eigenvalue weighted by Gasteiger charge is 2.09. The summed E-state index contributed by atoms with van der Waals surface area (Å²) in [6.07, 6.45) is 0.783. The Morgan fingerprint density at radius 2 is 1.72 bits per heavy atom. The van der Waals surface area contributed by atoms with Crippen molar-refractivity contribution in [2.45, 2.75) is 6.92 Å². The lowest BCUT2D eigenvalue weighted by Gasteiger charge is -2.08. The summed E-state index contributed by atoms with van der Waals surface area (Å²) in [6.45, 7) is 2.63. The molecule has 2 aromatic rings. The highest BCUT2D eigenvalue weighted by molar-refractivity contribution is 6.06. The minimum Gasteiger partial charge on any atom is -0.457 e. The van der Waals surface area contributed by atoms with Crippen LogP contribution in [0.2, 0.25) is 0 Å². The first kappa shape index (κ1) is 21.3. The highest BCUT2D eigenvalue weighted by atomic mass is 16.5. The predicted molar refractivity (Wildman–Crippen MR) is 108 cm³/mol. The number of rotatable bonds is 9. The summed E-state index contributed by atoms with van der Waals surface area (Å²) in [5.41, 5.74) is 0.436. The topological polar surface area (TPSA) is 112 Å². The number of nitriles is 1. The number of carbonyl (C=O) groups excluding carboxylic acids is 2. The number of hydrogen-bond donors (Lipinski definition) is 3. The Kier molecular flexibility index (Phi) is 8.57. The van der Waals surface area contributed by atoms with E-state index in [0.717, 1.165) is 0 Å². The monoisotopic (exact) mass is 394 g/mol. The molecule has 0 atom stereocenters. The SMILES string of the molecule is CCOC(=O)NCCN/C=C(/C#N)C(=O)Nc1ccc(Oc2ccccc2)cc1. The zero-order valence-corrected chi connectivity index (χ0v) is 16.0. The van der Waals surface area contributed by atoms with Crippen molar-refractivity contribution < 1.29 is 19.1 Å². The molecule has 0 aliphatic heterocycles. The molecule has 0 saturated carbocycles. The smallest absolute Gasteiger partial charge is 0.407 e. The van der Waals surface area contributed by atoms with Crippen LogP contribution in [0.5, 0.6) is 11.5 Å². The number of amides is 2. The van der Waals surface area contributed by atoms with E-state index in [1.165, 1.54) is 6.20 Å². The molecule has 0 bridgehead atoms. The Labute approximate surface area is 169 Å². The van der Waals surface area contributed by atoms with Gasteiger partial charge in [-0.15, -0.1) is 0 Å². The zero-order valence-electron chi connectivity index (χ0n) is 16.0. The van der Waals surface area contributed by atoms with Crippen LogP contribution in [-0.4, -0.2) is 31.7 Å². The lowest BCUT2D eigenvalue weighted by atomic mass is 10.2. The number of para-hydroxylation sites is 1. The molecule has 0 fully saturated rings. The molecule has 0 aliphatic rings. The van der Waals surface area contributed by atoms with Gasteiger partial charge in [0.15, 0.2) is 0 Å².